The van der Waals surface area contributed by atoms with E-state index in [0.29, 0.717) is 11.1 Å². The predicted octanol–water partition coefficient (Wildman–Crippen LogP) is 3.73. The molecule has 0 radical (unpaired) electrons. The van der Waals surface area contributed by atoms with Gasteiger partial charge >= 0.3 is 0 Å². The lowest BCUT2D eigenvalue weighted by atomic mass is 10.2. The van der Waals surface area contributed by atoms with Crippen molar-refractivity contribution >= 4 is 11.6 Å². The van der Waals surface area contributed by atoms with Gasteiger partial charge in [-0.1, -0.05) is 17.7 Å². The summed E-state index contributed by atoms with van der Waals surface area (Å²) in [5, 5.41) is 8.67. The minimum absolute atomic E-state index is 0.658. The molecule has 0 saturated heterocycles. The molecule has 1 saturated carbocycles. The van der Waals surface area contributed by atoms with E-state index in [2.05, 4.69) is 10.4 Å². The average Bonchev–Trinajstić information content (AvgIpc) is 3.21. The predicted molar refractivity (Wildman–Crippen MR) is 84.1 cm³/mol. The molecule has 1 fully saturated rings. The van der Waals surface area contributed by atoms with Crippen molar-refractivity contribution in [2.24, 2.45) is 7.05 Å². The van der Waals surface area contributed by atoms with E-state index in [-0.39, 0.29) is 0 Å². The molecular formula is C16H20ClN3O. The van der Waals surface area contributed by atoms with Gasteiger partial charge in [-0.25, -0.2) is 4.68 Å². The molecular weight excluding hydrogens is 286 g/mol. The maximum Gasteiger partial charge on any atom is 0.222 e. The first-order valence-electron chi connectivity index (χ1n) is 7.24. The topological polar surface area (TPSA) is 39.1 Å². The van der Waals surface area contributed by atoms with E-state index in [4.69, 9.17) is 16.3 Å². The van der Waals surface area contributed by atoms with Crippen molar-refractivity contribution in [2.45, 2.75) is 39.3 Å². The van der Waals surface area contributed by atoms with Crippen molar-refractivity contribution in [3.05, 3.63) is 40.0 Å². The summed E-state index contributed by atoms with van der Waals surface area (Å²) >= 11 is 6.06. The number of nitrogens with zero attached hydrogens (tertiary/aromatic N) is 2. The number of halogens is 1. The fourth-order valence-corrected chi connectivity index (χ4v) is 2.50. The zero-order chi connectivity index (χ0) is 15.0. The van der Waals surface area contributed by atoms with E-state index in [9.17, 15) is 0 Å². The van der Waals surface area contributed by atoms with Gasteiger partial charge in [-0.15, -0.1) is 0 Å². The van der Waals surface area contributed by atoms with Crippen LogP contribution in [0.25, 0.3) is 0 Å². The van der Waals surface area contributed by atoms with Gasteiger partial charge in [-0.05, 0) is 44.4 Å². The molecule has 112 valence electrons. The Hall–Kier alpha value is -1.52. The van der Waals surface area contributed by atoms with Gasteiger partial charge in [-0.3, -0.25) is 0 Å². The zero-order valence-electron chi connectivity index (χ0n) is 12.6. The van der Waals surface area contributed by atoms with Crippen molar-refractivity contribution in [2.75, 3.05) is 0 Å². The summed E-state index contributed by atoms with van der Waals surface area (Å²) in [6.45, 7) is 4.82. The average molecular weight is 306 g/mol. The first-order chi connectivity index (χ1) is 10.0. The minimum Gasteiger partial charge on any atom is -0.439 e. The molecule has 0 atom stereocenters. The Labute approximate surface area is 130 Å². The van der Waals surface area contributed by atoms with Crippen molar-refractivity contribution in [1.82, 2.24) is 15.1 Å². The Morgan fingerprint density at radius 1 is 1.38 bits per heavy atom. The van der Waals surface area contributed by atoms with Crippen LogP contribution in [-0.4, -0.2) is 15.8 Å². The molecule has 1 aromatic heterocycles. The van der Waals surface area contributed by atoms with Crippen molar-refractivity contribution in [3.63, 3.8) is 0 Å². The summed E-state index contributed by atoms with van der Waals surface area (Å²) in [7, 11) is 1.91. The monoisotopic (exact) mass is 305 g/mol. The molecule has 5 heteroatoms. The molecule has 3 rings (SSSR count). The Bertz CT molecular complexity index is 662. The number of benzene rings is 1. The second-order valence-corrected chi connectivity index (χ2v) is 6.10. The quantitative estimate of drug-likeness (QED) is 0.914. The highest BCUT2D eigenvalue weighted by Gasteiger charge is 2.23. The van der Waals surface area contributed by atoms with Crippen LogP contribution in [0.1, 0.15) is 29.7 Å². The first-order valence-corrected chi connectivity index (χ1v) is 7.62. The summed E-state index contributed by atoms with van der Waals surface area (Å²) in [6, 6.07) is 6.33. The summed E-state index contributed by atoms with van der Waals surface area (Å²) in [4.78, 5) is 0. The molecule has 1 aliphatic carbocycles. The molecule has 21 heavy (non-hydrogen) atoms. The van der Waals surface area contributed by atoms with E-state index in [1.165, 1.54) is 12.8 Å². The van der Waals surface area contributed by atoms with E-state index < -0.39 is 0 Å². The lowest BCUT2D eigenvalue weighted by molar-refractivity contribution is 0.421. The van der Waals surface area contributed by atoms with Gasteiger partial charge in [0.2, 0.25) is 5.88 Å². The maximum absolute atomic E-state index is 6.10. The van der Waals surface area contributed by atoms with Crippen LogP contribution < -0.4 is 10.1 Å². The lowest BCUT2D eigenvalue weighted by Gasteiger charge is -2.12. The van der Waals surface area contributed by atoms with Crippen LogP contribution in [0.15, 0.2) is 18.2 Å². The van der Waals surface area contributed by atoms with Crippen LogP contribution in [0.2, 0.25) is 5.02 Å². The summed E-state index contributed by atoms with van der Waals surface area (Å²) in [5.41, 5.74) is 3.17. The molecule has 0 amide bonds. The summed E-state index contributed by atoms with van der Waals surface area (Å²) in [5.74, 6) is 1.56. The standard InChI is InChI=1S/C16H20ClN3O/c1-10-4-5-12(17)8-15(10)21-16-14(9-18-13-6-7-13)11(2)19-20(16)3/h4-5,8,13,18H,6-7,9H2,1-3H3. The van der Waals surface area contributed by atoms with E-state index >= 15 is 0 Å². The Morgan fingerprint density at radius 2 is 2.14 bits per heavy atom. The van der Waals surface area contributed by atoms with Gasteiger partial charge in [0, 0.05) is 24.7 Å². The summed E-state index contributed by atoms with van der Waals surface area (Å²) in [6.07, 6.45) is 2.53. The van der Waals surface area contributed by atoms with Gasteiger partial charge < -0.3 is 10.1 Å². The van der Waals surface area contributed by atoms with Crippen LogP contribution >= 0.6 is 11.6 Å². The van der Waals surface area contributed by atoms with Crippen molar-refractivity contribution < 1.29 is 4.74 Å². The van der Waals surface area contributed by atoms with E-state index in [0.717, 1.165) is 35.0 Å². The molecule has 0 spiro atoms. The Morgan fingerprint density at radius 3 is 2.86 bits per heavy atom. The van der Waals surface area contributed by atoms with Crippen LogP contribution in [0.5, 0.6) is 11.6 Å². The third-order valence-corrected chi connectivity index (χ3v) is 4.03. The maximum atomic E-state index is 6.10. The van der Waals surface area contributed by atoms with Crippen molar-refractivity contribution in [3.8, 4) is 11.6 Å². The van der Waals surface area contributed by atoms with Crippen LogP contribution in [0, 0.1) is 13.8 Å². The van der Waals surface area contributed by atoms with E-state index in [1.807, 2.05) is 39.1 Å². The number of rotatable bonds is 5. The van der Waals surface area contributed by atoms with Gasteiger partial charge in [0.05, 0.1) is 11.3 Å². The Balaban J connectivity index is 1.87. The third kappa shape index (κ3) is 3.22. The number of aromatic nitrogens is 2. The normalized spacial score (nSPS) is 14.5. The third-order valence-electron chi connectivity index (χ3n) is 3.79. The molecule has 1 aliphatic rings. The highest BCUT2D eigenvalue weighted by Crippen LogP contribution is 2.31. The number of hydrogen-bond acceptors (Lipinski definition) is 3. The second kappa shape index (κ2) is 5.70. The molecule has 1 heterocycles. The largest absolute Gasteiger partial charge is 0.439 e. The summed E-state index contributed by atoms with van der Waals surface area (Å²) < 4.78 is 7.89. The number of hydrogen-bond donors (Lipinski definition) is 1. The zero-order valence-corrected chi connectivity index (χ0v) is 13.4. The SMILES string of the molecule is Cc1ccc(Cl)cc1Oc1c(CNC2CC2)c(C)nn1C. The highest BCUT2D eigenvalue weighted by atomic mass is 35.5. The molecule has 1 N–H and O–H groups in total. The Kier molecular flexibility index (Phi) is 3.91. The van der Waals surface area contributed by atoms with Crippen LogP contribution in [0.4, 0.5) is 0 Å². The van der Waals surface area contributed by atoms with Gasteiger partial charge in [0.15, 0.2) is 0 Å². The van der Waals surface area contributed by atoms with Gasteiger partial charge in [0.25, 0.3) is 0 Å². The van der Waals surface area contributed by atoms with Crippen molar-refractivity contribution in [1.29, 1.82) is 0 Å². The molecule has 1 aromatic carbocycles. The van der Waals surface area contributed by atoms with Crippen LogP contribution in [-0.2, 0) is 13.6 Å². The fourth-order valence-electron chi connectivity index (χ4n) is 2.33. The van der Waals surface area contributed by atoms with Crippen LogP contribution in [0.3, 0.4) is 0 Å². The first kappa shape index (κ1) is 14.4. The van der Waals surface area contributed by atoms with E-state index in [1.54, 1.807) is 4.68 Å². The number of ether oxygens (including phenoxy) is 1. The number of nitrogens with one attached hydrogen (secondary N) is 1. The van der Waals surface area contributed by atoms with Gasteiger partial charge in [0.1, 0.15) is 5.75 Å². The molecule has 2 aromatic rings. The molecule has 0 unspecified atom stereocenters. The molecule has 0 aliphatic heterocycles. The fraction of sp³-hybridized carbons (Fsp3) is 0.438. The minimum atomic E-state index is 0.658. The number of aryl methyl sites for hydroxylation is 3. The van der Waals surface area contributed by atoms with Gasteiger partial charge in [-0.2, -0.15) is 5.10 Å². The highest BCUT2D eigenvalue weighted by molar-refractivity contribution is 6.30. The lowest BCUT2D eigenvalue weighted by Crippen LogP contribution is -2.16. The smallest absolute Gasteiger partial charge is 0.222 e. The molecule has 4 nitrogen and oxygen atoms in total. The molecule has 0 bridgehead atoms. The second-order valence-electron chi connectivity index (χ2n) is 5.66.